The number of rotatable bonds is 2. The van der Waals surface area contributed by atoms with Gasteiger partial charge in [0.15, 0.2) is 0 Å². The lowest BCUT2D eigenvalue weighted by molar-refractivity contribution is 0.210. The molecule has 1 heterocycles. The van der Waals surface area contributed by atoms with E-state index in [1.165, 1.54) is 0 Å². The highest BCUT2D eigenvalue weighted by atomic mass is 16.5. The minimum absolute atomic E-state index is 0.525. The molecule has 0 fully saturated rings. The van der Waals surface area contributed by atoms with Crippen LogP contribution in [0.25, 0.3) is 21.8 Å². The minimum Gasteiger partial charge on any atom is -0.494 e. The number of fused-ring (bicyclic) bond motifs is 2. The first-order chi connectivity index (χ1) is 9.70. The van der Waals surface area contributed by atoms with Crippen molar-refractivity contribution in [2.45, 2.75) is 0 Å². The molecule has 5 nitrogen and oxygen atoms in total. The van der Waals surface area contributed by atoms with Crippen molar-refractivity contribution in [3.05, 3.63) is 42.5 Å². The number of nitrogens with one attached hydrogen (secondary N) is 1. The summed E-state index contributed by atoms with van der Waals surface area (Å²) in [5, 5.41) is 13.0. The molecule has 2 N–H and O–H groups in total. The highest BCUT2D eigenvalue weighted by Crippen LogP contribution is 2.34. The van der Waals surface area contributed by atoms with Crippen molar-refractivity contribution in [2.24, 2.45) is 0 Å². The predicted molar refractivity (Wildman–Crippen MR) is 77.4 cm³/mol. The van der Waals surface area contributed by atoms with Crippen LogP contribution in [0.5, 0.6) is 5.75 Å². The average molecular weight is 268 g/mol. The maximum absolute atomic E-state index is 11.0. The van der Waals surface area contributed by atoms with Gasteiger partial charge >= 0.3 is 6.09 Å². The van der Waals surface area contributed by atoms with Gasteiger partial charge in [-0.1, -0.05) is 30.3 Å². The van der Waals surface area contributed by atoms with E-state index in [9.17, 15) is 4.79 Å². The molecule has 0 saturated carbocycles. The average Bonchev–Trinajstić information content (AvgIpc) is 2.46. The molecule has 1 aromatic heterocycles. The molecule has 0 spiro atoms. The normalized spacial score (nSPS) is 10.7. The van der Waals surface area contributed by atoms with Crippen LogP contribution in [0.4, 0.5) is 10.5 Å². The number of aromatic nitrogens is 1. The Morgan fingerprint density at radius 2 is 1.90 bits per heavy atom. The summed E-state index contributed by atoms with van der Waals surface area (Å²) >= 11 is 0. The third-order valence-corrected chi connectivity index (χ3v) is 3.13. The number of anilines is 1. The first kappa shape index (κ1) is 12.2. The van der Waals surface area contributed by atoms with Gasteiger partial charge in [0, 0.05) is 10.8 Å². The fraction of sp³-hybridized carbons (Fsp3) is 0.0667. The topological polar surface area (TPSA) is 71.5 Å². The van der Waals surface area contributed by atoms with Crippen molar-refractivity contribution in [1.82, 2.24) is 4.98 Å². The lowest BCUT2D eigenvalue weighted by atomic mass is 10.1. The molecule has 3 aromatic rings. The van der Waals surface area contributed by atoms with Gasteiger partial charge in [-0.15, -0.1) is 0 Å². The van der Waals surface area contributed by atoms with E-state index in [-0.39, 0.29) is 0 Å². The van der Waals surface area contributed by atoms with Gasteiger partial charge < -0.3 is 9.84 Å². The zero-order valence-corrected chi connectivity index (χ0v) is 10.8. The second kappa shape index (κ2) is 4.70. The van der Waals surface area contributed by atoms with Crippen molar-refractivity contribution in [2.75, 3.05) is 12.4 Å². The lowest BCUT2D eigenvalue weighted by Crippen LogP contribution is -2.08. The number of carboxylic acid groups (broad SMARTS) is 1. The molecule has 0 radical (unpaired) electrons. The van der Waals surface area contributed by atoms with Crippen LogP contribution in [0, 0.1) is 0 Å². The van der Waals surface area contributed by atoms with Crippen molar-refractivity contribution < 1.29 is 14.6 Å². The molecule has 3 rings (SSSR count). The van der Waals surface area contributed by atoms with Gasteiger partial charge in [0.25, 0.3) is 0 Å². The van der Waals surface area contributed by atoms with Crippen LogP contribution in [0.1, 0.15) is 0 Å². The fourth-order valence-corrected chi connectivity index (χ4v) is 2.29. The molecule has 0 saturated heterocycles. The summed E-state index contributed by atoms with van der Waals surface area (Å²) in [6.45, 7) is 0. The Kier molecular flexibility index (Phi) is 2.87. The second-order valence-electron chi connectivity index (χ2n) is 4.29. The molecule has 0 bridgehead atoms. The first-order valence-corrected chi connectivity index (χ1v) is 6.06. The van der Waals surface area contributed by atoms with Crippen molar-refractivity contribution in [3.63, 3.8) is 0 Å². The summed E-state index contributed by atoms with van der Waals surface area (Å²) in [4.78, 5) is 15.6. The molecule has 20 heavy (non-hydrogen) atoms. The third kappa shape index (κ3) is 1.89. The van der Waals surface area contributed by atoms with Crippen LogP contribution in [0.15, 0.2) is 42.5 Å². The second-order valence-corrected chi connectivity index (χ2v) is 4.29. The van der Waals surface area contributed by atoms with E-state index in [1.54, 1.807) is 13.2 Å². The number of para-hydroxylation sites is 2. The van der Waals surface area contributed by atoms with Gasteiger partial charge in [0.1, 0.15) is 11.3 Å². The Morgan fingerprint density at radius 1 is 1.15 bits per heavy atom. The van der Waals surface area contributed by atoms with Crippen LogP contribution >= 0.6 is 0 Å². The summed E-state index contributed by atoms with van der Waals surface area (Å²) in [5.74, 6) is 0.613. The lowest BCUT2D eigenvalue weighted by Gasteiger charge is -2.12. The predicted octanol–water partition coefficient (Wildman–Crippen LogP) is 3.49. The van der Waals surface area contributed by atoms with E-state index < -0.39 is 6.09 Å². The van der Waals surface area contributed by atoms with E-state index in [1.807, 2.05) is 36.4 Å². The van der Waals surface area contributed by atoms with Crippen LogP contribution in [-0.4, -0.2) is 23.3 Å². The number of amides is 1. The smallest absolute Gasteiger partial charge is 0.409 e. The molecule has 2 aromatic carbocycles. The van der Waals surface area contributed by atoms with Gasteiger partial charge in [0.2, 0.25) is 0 Å². The van der Waals surface area contributed by atoms with E-state index >= 15 is 0 Å². The first-order valence-electron chi connectivity index (χ1n) is 6.06. The number of methoxy groups -OCH3 is 1. The number of benzene rings is 2. The summed E-state index contributed by atoms with van der Waals surface area (Å²) in [6.07, 6.45) is -1.11. The van der Waals surface area contributed by atoms with Gasteiger partial charge in [-0.3, -0.25) is 5.32 Å². The van der Waals surface area contributed by atoms with Gasteiger partial charge in [-0.25, -0.2) is 9.78 Å². The van der Waals surface area contributed by atoms with Gasteiger partial charge in [0.05, 0.1) is 18.3 Å². The molecule has 1 amide bonds. The van der Waals surface area contributed by atoms with E-state index in [4.69, 9.17) is 9.84 Å². The number of carbonyl (C=O) groups is 1. The van der Waals surface area contributed by atoms with Crippen molar-refractivity contribution in [1.29, 1.82) is 0 Å². The Labute approximate surface area is 114 Å². The van der Waals surface area contributed by atoms with E-state index in [0.717, 1.165) is 5.39 Å². The Bertz CT molecular complexity index is 815. The van der Waals surface area contributed by atoms with Crippen LogP contribution in [0.3, 0.4) is 0 Å². The Hall–Kier alpha value is -2.82. The summed E-state index contributed by atoms with van der Waals surface area (Å²) in [7, 11) is 1.57. The molecule has 0 aliphatic rings. The molecule has 100 valence electrons. The highest BCUT2D eigenvalue weighted by molar-refractivity contribution is 6.12. The Morgan fingerprint density at radius 3 is 2.65 bits per heavy atom. The minimum atomic E-state index is -1.11. The molecule has 0 aliphatic heterocycles. The zero-order chi connectivity index (χ0) is 14.1. The number of hydrogen-bond donors (Lipinski definition) is 2. The van der Waals surface area contributed by atoms with Crippen molar-refractivity contribution in [3.8, 4) is 5.75 Å². The third-order valence-electron chi connectivity index (χ3n) is 3.13. The van der Waals surface area contributed by atoms with Crippen molar-refractivity contribution >= 4 is 33.6 Å². The number of pyridine rings is 1. The standard InChI is InChI=1S/C15H12N2O3/c1-20-12-8-4-6-10-13(17-15(18)19)9-5-2-3-7-11(9)16-14(10)12/h2-8H,1H3,(H,16,17)(H,18,19). The maximum Gasteiger partial charge on any atom is 0.409 e. The zero-order valence-electron chi connectivity index (χ0n) is 10.8. The summed E-state index contributed by atoms with van der Waals surface area (Å²) < 4.78 is 5.30. The molecular weight excluding hydrogens is 256 g/mol. The summed E-state index contributed by atoms with van der Waals surface area (Å²) in [5.41, 5.74) is 1.88. The fourth-order valence-electron chi connectivity index (χ4n) is 2.29. The van der Waals surface area contributed by atoms with E-state index in [0.29, 0.717) is 27.9 Å². The SMILES string of the molecule is COc1cccc2c(NC(=O)O)c3ccccc3nc12. The Balaban J connectivity index is 2.46. The van der Waals surface area contributed by atoms with Crippen LogP contribution in [-0.2, 0) is 0 Å². The molecule has 0 unspecified atom stereocenters. The van der Waals surface area contributed by atoms with E-state index in [2.05, 4.69) is 10.3 Å². The number of ether oxygens (including phenoxy) is 1. The van der Waals surface area contributed by atoms with Crippen LogP contribution in [0.2, 0.25) is 0 Å². The monoisotopic (exact) mass is 268 g/mol. The maximum atomic E-state index is 11.0. The summed E-state index contributed by atoms with van der Waals surface area (Å²) in [6, 6.07) is 12.8. The highest BCUT2D eigenvalue weighted by Gasteiger charge is 2.13. The van der Waals surface area contributed by atoms with Gasteiger partial charge in [-0.2, -0.15) is 0 Å². The number of nitrogens with zero attached hydrogens (tertiary/aromatic N) is 1. The van der Waals surface area contributed by atoms with Crippen LogP contribution < -0.4 is 10.1 Å². The molecular formula is C15H12N2O3. The van der Waals surface area contributed by atoms with Gasteiger partial charge in [-0.05, 0) is 12.1 Å². The molecule has 0 atom stereocenters. The molecule has 0 aliphatic carbocycles. The quantitative estimate of drug-likeness (QED) is 0.698. The largest absolute Gasteiger partial charge is 0.494 e. The number of hydrogen-bond acceptors (Lipinski definition) is 3. The molecule has 5 heteroatoms.